The fourth-order valence-corrected chi connectivity index (χ4v) is 3.90. The summed E-state index contributed by atoms with van der Waals surface area (Å²) in [6, 6.07) is 16.1. The van der Waals surface area contributed by atoms with Crippen LogP contribution in [0.1, 0.15) is 48.4 Å². The van der Waals surface area contributed by atoms with E-state index in [1.165, 1.54) is 0 Å². The number of hydrogen-bond donors (Lipinski definition) is 0. The molecular weight excluding hydrogens is 362 g/mol. The van der Waals surface area contributed by atoms with E-state index >= 15 is 0 Å². The van der Waals surface area contributed by atoms with Gasteiger partial charge in [0.1, 0.15) is 0 Å². The minimum Gasteiger partial charge on any atom is -0.369 e. The standard InChI is InChI=1S/C24H31N3O2/c1-5-27(18(2)3)23-12-8-21(9-13-23)24(29)26-16-14-25(15-17-26)22-10-6-20(7-11-22)19(4)28/h6-13,18H,5,14-17H2,1-4H3. The van der Waals surface area contributed by atoms with Crippen molar-refractivity contribution < 1.29 is 9.59 Å². The van der Waals surface area contributed by atoms with Crippen LogP contribution in [0.5, 0.6) is 0 Å². The maximum Gasteiger partial charge on any atom is 0.253 e. The Morgan fingerprint density at radius 2 is 1.45 bits per heavy atom. The Morgan fingerprint density at radius 1 is 0.897 bits per heavy atom. The molecule has 1 saturated heterocycles. The Kier molecular flexibility index (Phi) is 6.57. The molecule has 154 valence electrons. The minimum atomic E-state index is 0.0773. The fraction of sp³-hybridized carbons (Fsp3) is 0.417. The largest absolute Gasteiger partial charge is 0.369 e. The second-order valence-corrected chi connectivity index (χ2v) is 7.81. The van der Waals surface area contributed by atoms with Gasteiger partial charge in [-0.15, -0.1) is 0 Å². The lowest BCUT2D eigenvalue weighted by Crippen LogP contribution is -2.48. The summed E-state index contributed by atoms with van der Waals surface area (Å²) in [7, 11) is 0. The van der Waals surface area contributed by atoms with Crippen molar-refractivity contribution in [1.29, 1.82) is 0 Å². The molecule has 1 fully saturated rings. The van der Waals surface area contributed by atoms with Gasteiger partial charge in [0.15, 0.2) is 5.78 Å². The van der Waals surface area contributed by atoms with Gasteiger partial charge >= 0.3 is 0 Å². The van der Waals surface area contributed by atoms with Crippen LogP contribution in [0.2, 0.25) is 0 Å². The topological polar surface area (TPSA) is 43.9 Å². The molecule has 0 atom stereocenters. The summed E-state index contributed by atoms with van der Waals surface area (Å²) < 4.78 is 0. The van der Waals surface area contributed by atoms with Gasteiger partial charge in [-0.1, -0.05) is 0 Å². The van der Waals surface area contributed by atoms with Crippen LogP contribution in [0.3, 0.4) is 0 Å². The zero-order valence-corrected chi connectivity index (χ0v) is 17.9. The van der Waals surface area contributed by atoms with E-state index in [0.717, 1.165) is 42.1 Å². The van der Waals surface area contributed by atoms with E-state index in [1.807, 2.05) is 53.4 Å². The van der Waals surface area contributed by atoms with Gasteiger partial charge in [-0.05, 0) is 76.2 Å². The molecule has 0 bridgehead atoms. The maximum atomic E-state index is 12.9. The number of piperazine rings is 1. The maximum absolute atomic E-state index is 12.9. The van der Waals surface area contributed by atoms with Crippen molar-refractivity contribution in [3.8, 4) is 0 Å². The van der Waals surface area contributed by atoms with Crippen LogP contribution in [0.25, 0.3) is 0 Å². The van der Waals surface area contributed by atoms with E-state index in [0.29, 0.717) is 19.1 Å². The molecule has 3 rings (SSSR count). The molecule has 1 heterocycles. The Labute approximate surface area is 173 Å². The molecule has 0 saturated carbocycles. The predicted molar refractivity (Wildman–Crippen MR) is 119 cm³/mol. The quantitative estimate of drug-likeness (QED) is 0.694. The normalized spacial score (nSPS) is 14.2. The zero-order valence-electron chi connectivity index (χ0n) is 17.9. The molecule has 1 amide bonds. The summed E-state index contributed by atoms with van der Waals surface area (Å²) in [5.41, 5.74) is 3.72. The third-order valence-corrected chi connectivity index (χ3v) is 5.62. The van der Waals surface area contributed by atoms with E-state index < -0.39 is 0 Å². The third-order valence-electron chi connectivity index (χ3n) is 5.62. The Bertz CT molecular complexity index is 835. The average Bonchev–Trinajstić information content (AvgIpc) is 2.74. The second kappa shape index (κ2) is 9.12. The molecule has 0 N–H and O–H groups in total. The van der Waals surface area contributed by atoms with Gasteiger partial charge < -0.3 is 14.7 Å². The molecule has 5 nitrogen and oxygen atoms in total. The van der Waals surface area contributed by atoms with Gasteiger partial charge in [-0.2, -0.15) is 0 Å². The number of amides is 1. The SMILES string of the molecule is CCN(c1ccc(C(=O)N2CCN(c3ccc(C(C)=O)cc3)CC2)cc1)C(C)C. The summed E-state index contributed by atoms with van der Waals surface area (Å²) in [5.74, 6) is 0.171. The van der Waals surface area contributed by atoms with Gasteiger partial charge in [0.2, 0.25) is 0 Å². The van der Waals surface area contributed by atoms with Gasteiger partial charge in [0.05, 0.1) is 0 Å². The number of hydrogen-bond acceptors (Lipinski definition) is 4. The van der Waals surface area contributed by atoms with Crippen LogP contribution >= 0.6 is 0 Å². The first-order chi connectivity index (χ1) is 13.9. The molecule has 0 spiro atoms. The van der Waals surface area contributed by atoms with Crippen LogP contribution in [0.15, 0.2) is 48.5 Å². The number of ketones is 1. The number of nitrogens with zero attached hydrogens (tertiary/aromatic N) is 3. The predicted octanol–water partition coefficient (Wildman–Crippen LogP) is 4.09. The van der Waals surface area contributed by atoms with Crippen LogP contribution in [0, 0.1) is 0 Å². The van der Waals surface area contributed by atoms with Gasteiger partial charge in [0, 0.05) is 61.3 Å². The molecule has 0 aliphatic carbocycles. The molecule has 0 radical (unpaired) electrons. The lowest BCUT2D eigenvalue weighted by molar-refractivity contribution is 0.0746. The van der Waals surface area contributed by atoms with Crippen molar-refractivity contribution in [3.05, 3.63) is 59.7 Å². The van der Waals surface area contributed by atoms with Crippen molar-refractivity contribution in [2.24, 2.45) is 0 Å². The third kappa shape index (κ3) is 4.78. The number of anilines is 2. The summed E-state index contributed by atoms with van der Waals surface area (Å²) >= 11 is 0. The van der Waals surface area contributed by atoms with Gasteiger partial charge in [-0.3, -0.25) is 9.59 Å². The van der Waals surface area contributed by atoms with Crippen molar-refractivity contribution in [3.63, 3.8) is 0 Å². The van der Waals surface area contributed by atoms with E-state index in [2.05, 4.69) is 30.6 Å². The first-order valence-corrected chi connectivity index (χ1v) is 10.4. The van der Waals surface area contributed by atoms with E-state index in [4.69, 9.17) is 0 Å². The summed E-state index contributed by atoms with van der Waals surface area (Å²) in [4.78, 5) is 30.8. The Balaban J connectivity index is 1.60. The number of carbonyl (C=O) groups is 2. The van der Waals surface area contributed by atoms with Gasteiger partial charge in [-0.25, -0.2) is 0 Å². The molecule has 2 aromatic carbocycles. The summed E-state index contributed by atoms with van der Waals surface area (Å²) in [6.07, 6.45) is 0. The number of rotatable bonds is 6. The molecule has 1 aliphatic heterocycles. The highest BCUT2D eigenvalue weighted by atomic mass is 16.2. The van der Waals surface area contributed by atoms with Crippen LogP contribution in [-0.4, -0.2) is 55.4 Å². The summed E-state index contributed by atoms with van der Waals surface area (Å²) in [6.45, 7) is 12.0. The monoisotopic (exact) mass is 393 g/mol. The van der Waals surface area contributed by atoms with Crippen molar-refractivity contribution in [2.75, 3.05) is 42.5 Å². The van der Waals surface area contributed by atoms with E-state index in [9.17, 15) is 9.59 Å². The molecular formula is C24H31N3O2. The summed E-state index contributed by atoms with van der Waals surface area (Å²) in [5, 5.41) is 0. The van der Waals surface area contributed by atoms with Crippen LogP contribution < -0.4 is 9.80 Å². The van der Waals surface area contributed by atoms with E-state index in [-0.39, 0.29) is 11.7 Å². The number of carbonyl (C=O) groups excluding carboxylic acids is 2. The highest BCUT2D eigenvalue weighted by Gasteiger charge is 2.22. The molecule has 5 heteroatoms. The molecule has 2 aromatic rings. The Hall–Kier alpha value is -2.82. The molecule has 1 aliphatic rings. The fourth-order valence-electron chi connectivity index (χ4n) is 3.90. The molecule has 0 unspecified atom stereocenters. The van der Waals surface area contributed by atoms with Crippen molar-refractivity contribution >= 4 is 23.1 Å². The van der Waals surface area contributed by atoms with Crippen molar-refractivity contribution in [1.82, 2.24) is 4.90 Å². The minimum absolute atomic E-state index is 0.0773. The highest BCUT2D eigenvalue weighted by molar-refractivity contribution is 5.95. The smallest absolute Gasteiger partial charge is 0.253 e. The first kappa shape index (κ1) is 20.9. The zero-order chi connectivity index (χ0) is 21.0. The first-order valence-electron chi connectivity index (χ1n) is 10.4. The number of Topliss-reactive ketones (excluding diaryl/α,β-unsaturated/α-hetero) is 1. The molecule has 29 heavy (non-hydrogen) atoms. The second-order valence-electron chi connectivity index (χ2n) is 7.81. The van der Waals surface area contributed by atoms with Crippen LogP contribution in [-0.2, 0) is 0 Å². The highest BCUT2D eigenvalue weighted by Crippen LogP contribution is 2.21. The lowest BCUT2D eigenvalue weighted by atomic mass is 10.1. The molecule has 0 aromatic heterocycles. The van der Waals surface area contributed by atoms with Gasteiger partial charge in [0.25, 0.3) is 5.91 Å². The Morgan fingerprint density at radius 3 is 1.93 bits per heavy atom. The van der Waals surface area contributed by atoms with Crippen LogP contribution in [0.4, 0.5) is 11.4 Å². The average molecular weight is 394 g/mol. The van der Waals surface area contributed by atoms with E-state index in [1.54, 1.807) is 6.92 Å². The number of benzene rings is 2. The lowest BCUT2D eigenvalue weighted by Gasteiger charge is -2.36. The van der Waals surface area contributed by atoms with Crippen molar-refractivity contribution in [2.45, 2.75) is 33.7 Å².